The molecule has 0 bridgehead atoms. The van der Waals surface area contributed by atoms with Crippen molar-refractivity contribution in [3.8, 4) is 0 Å². The second kappa shape index (κ2) is 13.4. The van der Waals surface area contributed by atoms with Gasteiger partial charge in [-0.05, 0) is 62.9 Å². The van der Waals surface area contributed by atoms with Gasteiger partial charge in [-0.3, -0.25) is 13.9 Å². The molecule has 1 N–H and O–H groups in total. The summed E-state index contributed by atoms with van der Waals surface area (Å²) in [7, 11) is -4.09. The Morgan fingerprint density at radius 2 is 1.49 bits per heavy atom. The summed E-state index contributed by atoms with van der Waals surface area (Å²) in [6, 6.07) is 22.3. The molecule has 208 valence electrons. The van der Waals surface area contributed by atoms with Gasteiger partial charge in [0.15, 0.2) is 0 Å². The number of rotatable bonds is 12. The van der Waals surface area contributed by atoms with E-state index < -0.39 is 28.5 Å². The SMILES string of the molecule is CCc1ccccc1N(CC(=O)N(Cc1ccccc1)[C@H](C)C(=O)N[C@H](C)CC)S(=O)(=O)c1ccc(C)cc1. The fraction of sp³-hybridized carbons (Fsp3) is 0.355. The Hall–Kier alpha value is -3.65. The number of nitrogens with one attached hydrogen (secondary N) is 1. The Bertz CT molecular complexity index is 1360. The number of aryl methyl sites for hydroxylation is 2. The van der Waals surface area contributed by atoms with Crippen LogP contribution >= 0.6 is 0 Å². The number of anilines is 1. The Morgan fingerprint density at radius 3 is 2.10 bits per heavy atom. The molecule has 0 heterocycles. The van der Waals surface area contributed by atoms with E-state index in [9.17, 15) is 18.0 Å². The predicted molar refractivity (Wildman–Crippen MR) is 156 cm³/mol. The second-order valence-corrected chi connectivity index (χ2v) is 11.7. The summed E-state index contributed by atoms with van der Waals surface area (Å²) in [6.45, 7) is 9.12. The summed E-state index contributed by atoms with van der Waals surface area (Å²) in [4.78, 5) is 28.7. The lowest BCUT2D eigenvalue weighted by Gasteiger charge is -2.33. The van der Waals surface area contributed by atoms with Crippen LogP contribution < -0.4 is 9.62 Å². The van der Waals surface area contributed by atoms with Crippen LogP contribution in [0.4, 0.5) is 5.69 Å². The van der Waals surface area contributed by atoms with E-state index in [1.165, 1.54) is 9.21 Å². The monoisotopic (exact) mass is 549 g/mol. The number of benzene rings is 3. The smallest absolute Gasteiger partial charge is 0.264 e. The lowest BCUT2D eigenvalue weighted by atomic mass is 10.1. The third-order valence-electron chi connectivity index (χ3n) is 6.89. The number of carbonyl (C=O) groups is 2. The van der Waals surface area contributed by atoms with E-state index in [-0.39, 0.29) is 23.4 Å². The molecule has 0 saturated heterocycles. The van der Waals surface area contributed by atoms with E-state index in [0.29, 0.717) is 12.1 Å². The molecule has 0 aliphatic rings. The number of sulfonamides is 1. The molecular weight excluding hydrogens is 510 g/mol. The van der Waals surface area contributed by atoms with Gasteiger partial charge in [0, 0.05) is 12.6 Å². The first-order valence-corrected chi connectivity index (χ1v) is 14.8. The number of para-hydroxylation sites is 1. The molecule has 0 saturated carbocycles. The third-order valence-corrected chi connectivity index (χ3v) is 8.67. The highest BCUT2D eigenvalue weighted by Crippen LogP contribution is 2.28. The standard InChI is InChI=1S/C31H39N3O4S/c1-6-24(4)32-31(36)25(5)33(21-26-13-9-8-10-14-26)30(35)22-34(29-16-12-11-15-27(29)7-2)39(37,38)28-19-17-23(3)18-20-28/h8-20,24-25H,6-7,21-22H2,1-5H3,(H,32,36)/t24-,25-/m1/s1. The highest BCUT2D eigenvalue weighted by Gasteiger charge is 2.33. The molecule has 0 radical (unpaired) electrons. The zero-order valence-electron chi connectivity index (χ0n) is 23.4. The van der Waals surface area contributed by atoms with E-state index in [4.69, 9.17) is 0 Å². The summed E-state index contributed by atoms with van der Waals surface area (Å²) in [5.74, 6) is -0.747. The van der Waals surface area contributed by atoms with Crippen LogP contribution in [0.5, 0.6) is 0 Å². The van der Waals surface area contributed by atoms with E-state index in [1.54, 1.807) is 43.3 Å². The van der Waals surface area contributed by atoms with Crippen molar-refractivity contribution in [2.45, 2.75) is 71.0 Å². The van der Waals surface area contributed by atoms with Crippen molar-refractivity contribution in [2.75, 3.05) is 10.8 Å². The first-order valence-electron chi connectivity index (χ1n) is 13.4. The summed E-state index contributed by atoms with van der Waals surface area (Å²) < 4.78 is 29.2. The van der Waals surface area contributed by atoms with Crippen molar-refractivity contribution in [2.24, 2.45) is 0 Å². The zero-order chi connectivity index (χ0) is 28.6. The summed E-state index contributed by atoms with van der Waals surface area (Å²) >= 11 is 0. The van der Waals surface area contributed by atoms with Gasteiger partial charge in [0.05, 0.1) is 10.6 Å². The van der Waals surface area contributed by atoms with Gasteiger partial charge in [0.2, 0.25) is 11.8 Å². The lowest BCUT2D eigenvalue weighted by Crippen LogP contribution is -2.52. The van der Waals surface area contributed by atoms with Crippen molar-refractivity contribution in [3.05, 3.63) is 95.6 Å². The normalized spacial score (nSPS) is 12.8. The Balaban J connectivity index is 2.05. The fourth-order valence-corrected chi connectivity index (χ4v) is 5.68. The molecule has 8 heteroatoms. The maximum atomic E-state index is 14.0. The molecule has 0 spiro atoms. The summed E-state index contributed by atoms with van der Waals surface area (Å²) in [5.41, 5.74) is 3.03. The number of carbonyl (C=O) groups excluding carboxylic acids is 2. The molecule has 0 fully saturated rings. The number of nitrogens with zero attached hydrogens (tertiary/aromatic N) is 2. The maximum Gasteiger partial charge on any atom is 0.264 e. The topological polar surface area (TPSA) is 86.8 Å². The van der Waals surface area contributed by atoms with E-state index in [0.717, 1.165) is 23.1 Å². The summed E-state index contributed by atoms with van der Waals surface area (Å²) in [6.07, 6.45) is 1.34. The van der Waals surface area contributed by atoms with Gasteiger partial charge in [0.1, 0.15) is 12.6 Å². The Morgan fingerprint density at radius 1 is 0.872 bits per heavy atom. The lowest BCUT2D eigenvalue weighted by molar-refractivity contribution is -0.139. The molecule has 2 amide bonds. The van der Waals surface area contributed by atoms with E-state index >= 15 is 0 Å². The summed E-state index contributed by atoms with van der Waals surface area (Å²) in [5, 5.41) is 2.95. The highest BCUT2D eigenvalue weighted by atomic mass is 32.2. The molecule has 3 aromatic rings. The van der Waals surface area contributed by atoms with Gasteiger partial charge >= 0.3 is 0 Å². The van der Waals surface area contributed by atoms with Crippen molar-refractivity contribution < 1.29 is 18.0 Å². The van der Waals surface area contributed by atoms with Crippen LogP contribution in [0, 0.1) is 6.92 Å². The quantitative estimate of drug-likeness (QED) is 0.341. The Labute approximate surface area is 232 Å². The number of hydrogen-bond donors (Lipinski definition) is 1. The minimum Gasteiger partial charge on any atom is -0.352 e. The van der Waals surface area contributed by atoms with Gasteiger partial charge in [-0.1, -0.05) is 80.1 Å². The molecule has 3 aromatic carbocycles. The molecular formula is C31H39N3O4S. The third kappa shape index (κ3) is 7.47. The van der Waals surface area contributed by atoms with Crippen LogP contribution in [0.3, 0.4) is 0 Å². The molecule has 7 nitrogen and oxygen atoms in total. The minimum atomic E-state index is -4.09. The van der Waals surface area contributed by atoms with Crippen molar-refractivity contribution >= 4 is 27.5 Å². The van der Waals surface area contributed by atoms with Crippen molar-refractivity contribution in [1.82, 2.24) is 10.2 Å². The average Bonchev–Trinajstić information content (AvgIpc) is 2.94. The molecule has 0 aliphatic heterocycles. The second-order valence-electron chi connectivity index (χ2n) is 9.81. The zero-order valence-corrected chi connectivity index (χ0v) is 24.2. The number of amides is 2. The van der Waals surface area contributed by atoms with Crippen LogP contribution in [0.1, 0.15) is 50.8 Å². The molecule has 2 atom stereocenters. The fourth-order valence-electron chi connectivity index (χ4n) is 4.23. The van der Waals surface area contributed by atoms with Crippen LogP contribution in [-0.2, 0) is 32.6 Å². The van der Waals surface area contributed by atoms with E-state index in [1.807, 2.05) is 70.2 Å². The van der Waals surface area contributed by atoms with Crippen LogP contribution in [0.25, 0.3) is 0 Å². The van der Waals surface area contributed by atoms with Gasteiger partial charge in [-0.15, -0.1) is 0 Å². The van der Waals surface area contributed by atoms with Crippen LogP contribution in [-0.4, -0.2) is 43.8 Å². The van der Waals surface area contributed by atoms with E-state index in [2.05, 4.69) is 5.32 Å². The molecule has 3 rings (SSSR count). The van der Waals surface area contributed by atoms with Crippen molar-refractivity contribution in [3.63, 3.8) is 0 Å². The maximum absolute atomic E-state index is 14.0. The highest BCUT2D eigenvalue weighted by molar-refractivity contribution is 7.92. The van der Waals surface area contributed by atoms with Gasteiger partial charge in [0.25, 0.3) is 10.0 Å². The van der Waals surface area contributed by atoms with Gasteiger partial charge in [-0.2, -0.15) is 0 Å². The van der Waals surface area contributed by atoms with Crippen LogP contribution in [0.2, 0.25) is 0 Å². The first kappa shape index (κ1) is 29.9. The molecule has 39 heavy (non-hydrogen) atoms. The Kier molecular flexibility index (Phi) is 10.3. The van der Waals surface area contributed by atoms with Crippen molar-refractivity contribution in [1.29, 1.82) is 0 Å². The minimum absolute atomic E-state index is 0.0523. The molecule has 0 unspecified atom stereocenters. The number of hydrogen-bond acceptors (Lipinski definition) is 4. The predicted octanol–water partition coefficient (Wildman–Crippen LogP) is 5.08. The first-order chi connectivity index (χ1) is 18.6. The molecule has 0 aromatic heterocycles. The molecule has 0 aliphatic carbocycles. The van der Waals surface area contributed by atoms with Gasteiger partial charge in [-0.25, -0.2) is 8.42 Å². The van der Waals surface area contributed by atoms with Crippen LogP contribution in [0.15, 0.2) is 83.8 Å². The average molecular weight is 550 g/mol. The largest absolute Gasteiger partial charge is 0.352 e. The van der Waals surface area contributed by atoms with Gasteiger partial charge < -0.3 is 10.2 Å².